The average Bonchev–Trinajstić information content (AvgIpc) is 2.64. The number of carbonyl (C=O) groups excluding carboxylic acids is 2. The van der Waals surface area contributed by atoms with Gasteiger partial charge in [0, 0.05) is 6.54 Å². The van der Waals surface area contributed by atoms with Crippen molar-refractivity contribution in [3.63, 3.8) is 0 Å². The average molecular weight is 280 g/mol. The van der Waals surface area contributed by atoms with E-state index >= 15 is 0 Å². The summed E-state index contributed by atoms with van der Waals surface area (Å²) in [5.74, 6) is -0.923. The second-order valence-corrected chi connectivity index (χ2v) is 5.24. The first-order valence-corrected chi connectivity index (χ1v) is 7.19. The van der Waals surface area contributed by atoms with Gasteiger partial charge in [0.1, 0.15) is 0 Å². The van der Waals surface area contributed by atoms with Crippen molar-refractivity contribution < 1.29 is 9.59 Å². The van der Waals surface area contributed by atoms with Crippen LogP contribution in [0, 0.1) is 0 Å². The smallest absolute Gasteiger partial charge is 0.299 e. The number of benzene rings is 1. The van der Waals surface area contributed by atoms with Gasteiger partial charge in [-0.25, -0.2) is 0 Å². The van der Waals surface area contributed by atoms with E-state index in [1.807, 2.05) is 0 Å². The Morgan fingerprint density at radius 3 is 2.58 bits per heavy atom. The quantitative estimate of drug-likeness (QED) is 0.586. The Hall–Kier alpha value is -1.35. The Balaban J connectivity index is 2.05. The molecule has 0 aromatic heterocycles. The summed E-state index contributed by atoms with van der Waals surface area (Å²) in [6, 6.07) is 5.21. The number of anilines is 1. The van der Waals surface area contributed by atoms with Gasteiger partial charge in [0.2, 0.25) is 0 Å². The lowest BCUT2D eigenvalue weighted by Gasteiger charge is -2.16. The van der Waals surface area contributed by atoms with Gasteiger partial charge in [-0.1, -0.05) is 50.3 Å². The summed E-state index contributed by atoms with van der Waals surface area (Å²) in [7, 11) is 0. The van der Waals surface area contributed by atoms with Crippen LogP contribution in [0.5, 0.6) is 0 Å². The molecule has 4 heteroatoms. The highest BCUT2D eigenvalue weighted by molar-refractivity contribution is 6.55. The van der Waals surface area contributed by atoms with Crippen LogP contribution in [0.1, 0.15) is 49.4 Å². The Morgan fingerprint density at radius 2 is 1.84 bits per heavy atom. The minimum absolute atomic E-state index is 0.364. The van der Waals surface area contributed by atoms with Crippen LogP contribution in [-0.2, 0) is 4.79 Å². The monoisotopic (exact) mass is 279 g/mol. The topological polar surface area (TPSA) is 37.4 Å². The lowest BCUT2D eigenvalue weighted by Crippen LogP contribution is -2.30. The Bertz CT molecular complexity index is 499. The van der Waals surface area contributed by atoms with E-state index in [2.05, 4.69) is 6.92 Å². The number of carbonyl (C=O) groups is 2. The summed E-state index contributed by atoms with van der Waals surface area (Å²) in [6.07, 6.45) is 5.59. The second kappa shape index (κ2) is 6.20. The third-order valence-corrected chi connectivity index (χ3v) is 3.75. The molecule has 0 spiro atoms. The van der Waals surface area contributed by atoms with Crippen molar-refractivity contribution in [1.29, 1.82) is 0 Å². The van der Waals surface area contributed by atoms with Crippen molar-refractivity contribution in [2.75, 3.05) is 11.4 Å². The maximum absolute atomic E-state index is 12.0. The number of fused-ring (bicyclic) bond motifs is 1. The summed E-state index contributed by atoms with van der Waals surface area (Å²) in [6.45, 7) is 2.77. The summed E-state index contributed by atoms with van der Waals surface area (Å²) in [4.78, 5) is 25.4. The normalized spacial score (nSPS) is 14.1. The van der Waals surface area contributed by atoms with Crippen molar-refractivity contribution in [2.45, 2.75) is 39.0 Å². The molecule has 3 nitrogen and oxygen atoms in total. The summed E-state index contributed by atoms with van der Waals surface area (Å²) >= 11 is 6.00. The zero-order valence-electron chi connectivity index (χ0n) is 11.1. The highest BCUT2D eigenvalue weighted by Gasteiger charge is 2.36. The number of Topliss-reactive ketones (excluding diaryl/α,β-unsaturated/α-hetero) is 1. The van der Waals surface area contributed by atoms with E-state index in [0.717, 1.165) is 12.8 Å². The first-order chi connectivity index (χ1) is 9.16. The molecule has 1 aliphatic rings. The van der Waals surface area contributed by atoms with Crippen LogP contribution in [0.15, 0.2) is 18.2 Å². The minimum atomic E-state index is -0.478. The predicted molar refractivity (Wildman–Crippen MR) is 76.9 cm³/mol. The van der Waals surface area contributed by atoms with E-state index in [1.165, 1.54) is 19.3 Å². The molecule has 0 N–H and O–H groups in total. The lowest BCUT2D eigenvalue weighted by molar-refractivity contribution is -0.114. The molecular weight excluding hydrogens is 262 g/mol. The zero-order chi connectivity index (χ0) is 13.8. The van der Waals surface area contributed by atoms with Gasteiger partial charge in [0.25, 0.3) is 11.7 Å². The largest absolute Gasteiger partial charge is 0.305 e. The molecule has 0 fully saturated rings. The number of halogens is 1. The predicted octanol–water partition coefficient (Wildman–Crippen LogP) is 3.84. The Kier molecular flexibility index (Phi) is 4.59. The third-order valence-electron chi connectivity index (χ3n) is 3.43. The van der Waals surface area contributed by atoms with Crippen molar-refractivity contribution in [3.8, 4) is 0 Å². The van der Waals surface area contributed by atoms with Crippen LogP contribution >= 0.6 is 11.6 Å². The molecule has 1 amide bonds. The molecule has 19 heavy (non-hydrogen) atoms. The number of rotatable bonds is 6. The van der Waals surface area contributed by atoms with Crippen molar-refractivity contribution in [3.05, 3.63) is 28.8 Å². The molecule has 1 aromatic carbocycles. The van der Waals surface area contributed by atoms with Crippen LogP contribution in [-0.4, -0.2) is 18.2 Å². The van der Waals surface area contributed by atoms with Crippen LogP contribution in [0.4, 0.5) is 5.69 Å². The van der Waals surface area contributed by atoms with Gasteiger partial charge in [0.15, 0.2) is 0 Å². The first kappa shape index (κ1) is 14.1. The number of amides is 1. The van der Waals surface area contributed by atoms with Gasteiger partial charge < -0.3 is 4.90 Å². The SMILES string of the molecule is CCCCCCCN1C(=O)C(=O)c2c(Cl)cccc21. The van der Waals surface area contributed by atoms with E-state index in [-0.39, 0.29) is 0 Å². The zero-order valence-corrected chi connectivity index (χ0v) is 11.9. The molecule has 1 heterocycles. The van der Waals surface area contributed by atoms with Gasteiger partial charge in [-0.05, 0) is 18.6 Å². The molecule has 0 bridgehead atoms. The fourth-order valence-electron chi connectivity index (χ4n) is 2.40. The van der Waals surface area contributed by atoms with E-state index in [0.29, 0.717) is 22.8 Å². The molecule has 102 valence electrons. The minimum Gasteiger partial charge on any atom is -0.305 e. The van der Waals surface area contributed by atoms with Gasteiger partial charge in [-0.3, -0.25) is 9.59 Å². The highest BCUT2D eigenvalue weighted by atomic mass is 35.5. The van der Waals surface area contributed by atoms with Gasteiger partial charge in [0.05, 0.1) is 16.3 Å². The van der Waals surface area contributed by atoms with Crippen LogP contribution < -0.4 is 4.90 Å². The lowest BCUT2D eigenvalue weighted by atomic mass is 10.1. The molecular formula is C15H18ClNO2. The number of nitrogens with zero attached hydrogens (tertiary/aromatic N) is 1. The molecule has 0 atom stereocenters. The highest BCUT2D eigenvalue weighted by Crippen LogP contribution is 2.34. The molecule has 0 unspecified atom stereocenters. The van der Waals surface area contributed by atoms with Crippen molar-refractivity contribution in [1.82, 2.24) is 0 Å². The number of unbranched alkanes of at least 4 members (excludes halogenated alkanes) is 4. The molecule has 1 aliphatic heterocycles. The maximum atomic E-state index is 12.0. The van der Waals surface area contributed by atoms with Gasteiger partial charge >= 0.3 is 0 Å². The fourth-order valence-corrected chi connectivity index (χ4v) is 2.65. The molecule has 2 rings (SSSR count). The molecule has 0 radical (unpaired) electrons. The summed E-state index contributed by atoms with van der Waals surface area (Å²) in [5, 5.41) is 0.365. The van der Waals surface area contributed by atoms with E-state index in [9.17, 15) is 9.59 Å². The summed E-state index contributed by atoms with van der Waals surface area (Å²) in [5.41, 5.74) is 1.03. The summed E-state index contributed by atoms with van der Waals surface area (Å²) < 4.78 is 0. The van der Waals surface area contributed by atoms with E-state index in [1.54, 1.807) is 23.1 Å². The second-order valence-electron chi connectivity index (χ2n) is 4.83. The molecule has 0 saturated carbocycles. The number of ketones is 1. The van der Waals surface area contributed by atoms with Gasteiger partial charge in [-0.2, -0.15) is 0 Å². The van der Waals surface area contributed by atoms with E-state index in [4.69, 9.17) is 11.6 Å². The molecule has 0 aliphatic carbocycles. The van der Waals surface area contributed by atoms with E-state index < -0.39 is 11.7 Å². The Morgan fingerprint density at radius 1 is 1.11 bits per heavy atom. The van der Waals surface area contributed by atoms with Gasteiger partial charge in [-0.15, -0.1) is 0 Å². The number of hydrogen-bond acceptors (Lipinski definition) is 2. The van der Waals surface area contributed by atoms with Crippen LogP contribution in [0.3, 0.4) is 0 Å². The first-order valence-electron chi connectivity index (χ1n) is 6.81. The molecule has 0 saturated heterocycles. The molecule has 1 aromatic rings. The van der Waals surface area contributed by atoms with Crippen molar-refractivity contribution >= 4 is 29.0 Å². The Labute approximate surface area is 118 Å². The van der Waals surface area contributed by atoms with Crippen LogP contribution in [0.2, 0.25) is 5.02 Å². The van der Waals surface area contributed by atoms with Crippen LogP contribution in [0.25, 0.3) is 0 Å². The fraction of sp³-hybridized carbons (Fsp3) is 0.467. The third kappa shape index (κ3) is 2.81. The number of hydrogen-bond donors (Lipinski definition) is 0. The maximum Gasteiger partial charge on any atom is 0.299 e. The van der Waals surface area contributed by atoms with Crippen molar-refractivity contribution in [2.24, 2.45) is 0 Å². The standard InChI is InChI=1S/C15H18ClNO2/c1-2-3-4-5-6-10-17-12-9-7-8-11(16)13(12)14(18)15(17)19/h7-9H,2-6,10H2,1H3.